The molecule has 2 rings (SSSR count). The van der Waals surface area contributed by atoms with E-state index < -0.39 is 0 Å². The average Bonchev–Trinajstić information content (AvgIpc) is 2.85. The molecule has 0 unspecified atom stereocenters. The molecule has 0 radical (unpaired) electrons. The van der Waals surface area contributed by atoms with Crippen LogP contribution in [0.2, 0.25) is 0 Å². The first-order valence-electron chi connectivity index (χ1n) is 6.62. The monoisotopic (exact) mass is 248 g/mol. The van der Waals surface area contributed by atoms with Crippen molar-refractivity contribution in [3.8, 4) is 0 Å². The Hall–Kier alpha value is -1.42. The van der Waals surface area contributed by atoms with Crippen molar-refractivity contribution in [2.45, 2.75) is 38.8 Å². The Morgan fingerprint density at radius 3 is 3.17 bits per heavy atom. The largest absolute Gasteiger partial charge is 0.465 e. The summed E-state index contributed by atoms with van der Waals surface area (Å²) in [6, 6.07) is 5.79. The Morgan fingerprint density at radius 2 is 2.44 bits per heavy atom. The van der Waals surface area contributed by atoms with Crippen LogP contribution in [-0.2, 0) is 16.1 Å². The van der Waals surface area contributed by atoms with E-state index in [1.54, 1.807) is 6.20 Å². The molecule has 1 aromatic heterocycles. The van der Waals surface area contributed by atoms with Crippen LogP contribution in [0.5, 0.6) is 0 Å². The summed E-state index contributed by atoms with van der Waals surface area (Å²) in [6.45, 7) is 4.20. The molecule has 1 aliphatic rings. The molecule has 1 saturated heterocycles. The van der Waals surface area contributed by atoms with Gasteiger partial charge in [-0.25, -0.2) is 0 Å². The highest BCUT2D eigenvalue weighted by Crippen LogP contribution is 2.20. The second-order valence-electron chi connectivity index (χ2n) is 4.62. The van der Waals surface area contributed by atoms with Crippen LogP contribution in [0.25, 0.3) is 0 Å². The molecule has 1 atom stereocenters. The summed E-state index contributed by atoms with van der Waals surface area (Å²) in [5.74, 6) is -0.0784. The van der Waals surface area contributed by atoms with Gasteiger partial charge in [0.05, 0.1) is 12.3 Å². The number of carbonyl (C=O) groups is 1. The fourth-order valence-electron chi connectivity index (χ4n) is 2.28. The molecule has 0 bridgehead atoms. The predicted molar refractivity (Wildman–Crippen MR) is 68.9 cm³/mol. The minimum atomic E-state index is -0.0847. The number of carbonyl (C=O) groups excluding carboxylic acids is 1. The van der Waals surface area contributed by atoms with E-state index in [0.717, 1.165) is 38.0 Å². The van der Waals surface area contributed by atoms with E-state index in [2.05, 4.69) is 9.88 Å². The van der Waals surface area contributed by atoms with E-state index in [9.17, 15) is 4.79 Å². The molecule has 0 spiro atoms. The number of rotatable bonds is 5. The van der Waals surface area contributed by atoms with Gasteiger partial charge in [-0.05, 0) is 37.9 Å². The van der Waals surface area contributed by atoms with E-state index in [4.69, 9.17) is 4.74 Å². The molecule has 1 fully saturated rings. The number of nitrogens with zero attached hydrogens (tertiary/aromatic N) is 2. The molecular formula is C14H20N2O2. The van der Waals surface area contributed by atoms with Gasteiger partial charge in [-0.15, -0.1) is 0 Å². The van der Waals surface area contributed by atoms with Crippen LogP contribution >= 0.6 is 0 Å². The first-order chi connectivity index (χ1) is 8.81. The maximum atomic E-state index is 11.9. The summed E-state index contributed by atoms with van der Waals surface area (Å²) in [5.41, 5.74) is 1.01. The van der Waals surface area contributed by atoms with Crippen molar-refractivity contribution in [2.75, 3.05) is 13.2 Å². The summed E-state index contributed by atoms with van der Waals surface area (Å²) < 4.78 is 5.24. The molecule has 0 aromatic carbocycles. The third-order valence-electron chi connectivity index (χ3n) is 3.18. The zero-order valence-corrected chi connectivity index (χ0v) is 10.8. The van der Waals surface area contributed by atoms with Gasteiger partial charge in [-0.3, -0.25) is 14.7 Å². The third kappa shape index (κ3) is 3.29. The lowest BCUT2D eigenvalue weighted by atomic mass is 10.2. The highest BCUT2D eigenvalue weighted by Gasteiger charge is 2.31. The number of aromatic nitrogens is 1. The van der Waals surface area contributed by atoms with Crippen molar-refractivity contribution < 1.29 is 9.53 Å². The number of ether oxygens (including phenoxy) is 1. The molecule has 4 heteroatoms. The minimum Gasteiger partial charge on any atom is -0.465 e. The normalized spacial score (nSPS) is 19.9. The molecule has 0 N–H and O–H groups in total. The molecule has 0 amide bonds. The van der Waals surface area contributed by atoms with Gasteiger partial charge in [0.25, 0.3) is 0 Å². The molecular weight excluding hydrogens is 228 g/mol. The van der Waals surface area contributed by atoms with Gasteiger partial charge in [0.15, 0.2) is 0 Å². The van der Waals surface area contributed by atoms with E-state index in [1.807, 2.05) is 25.1 Å². The molecule has 4 nitrogen and oxygen atoms in total. The van der Waals surface area contributed by atoms with Crippen LogP contribution in [0.4, 0.5) is 0 Å². The van der Waals surface area contributed by atoms with Gasteiger partial charge in [-0.2, -0.15) is 0 Å². The van der Waals surface area contributed by atoms with Gasteiger partial charge in [0.1, 0.15) is 6.04 Å². The zero-order chi connectivity index (χ0) is 12.8. The molecule has 1 aliphatic heterocycles. The van der Waals surface area contributed by atoms with Crippen molar-refractivity contribution in [1.29, 1.82) is 0 Å². The predicted octanol–water partition coefficient (Wildman–Crippen LogP) is 2.00. The summed E-state index contributed by atoms with van der Waals surface area (Å²) in [7, 11) is 0. The topological polar surface area (TPSA) is 42.4 Å². The van der Waals surface area contributed by atoms with Crippen molar-refractivity contribution in [2.24, 2.45) is 0 Å². The Labute approximate surface area is 108 Å². The maximum absolute atomic E-state index is 11.9. The number of hydrogen-bond acceptors (Lipinski definition) is 4. The van der Waals surface area contributed by atoms with Gasteiger partial charge in [-0.1, -0.05) is 13.0 Å². The molecule has 98 valence electrons. The van der Waals surface area contributed by atoms with E-state index in [-0.39, 0.29) is 12.0 Å². The van der Waals surface area contributed by atoms with Crippen LogP contribution < -0.4 is 0 Å². The molecule has 0 aliphatic carbocycles. The Bertz CT molecular complexity index is 381. The van der Waals surface area contributed by atoms with Crippen LogP contribution in [-0.4, -0.2) is 35.0 Å². The summed E-state index contributed by atoms with van der Waals surface area (Å²) in [5, 5.41) is 0. The van der Waals surface area contributed by atoms with Gasteiger partial charge >= 0.3 is 5.97 Å². The first kappa shape index (κ1) is 13.0. The Balaban J connectivity index is 1.93. The minimum absolute atomic E-state index is 0.0784. The van der Waals surface area contributed by atoms with Crippen molar-refractivity contribution >= 4 is 5.97 Å². The fraction of sp³-hybridized carbons (Fsp3) is 0.571. The van der Waals surface area contributed by atoms with Crippen molar-refractivity contribution in [1.82, 2.24) is 9.88 Å². The lowest BCUT2D eigenvalue weighted by Gasteiger charge is -2.22. The van der Waals surface area contributed by atoms with Gasteiger partial charge in [0, 0.05) is 12.7 Å². The van der Waals surface area contributed by atoms with E-state index >= 15 is 0 Å². The second-order valence-corrected chi connectivity index (χ2v) is 4.62. The smallest absolute Gasteiger partial charge is 0.323 e. The van der Waals surface area contributed by atoms with E-state index in [1.165, 1.54) is 0 Å². The van der Waals surface area contributed by atoms with Crippen LogP contribution in [0.1, 0.15) is 31.9 Å². The summed E-state index contributed by atoms with van der Waals surface area (Å²) in [6.07, 6.45) is 4.61. The SMILES string of the molecule is CCCOC(=O)[C@@H]1CCCN1Cc1ccccn1. The second kappa shape index (κ2) is 6.50. The number of pyridine rings is 1. The Kier molecular flexibility index (Phi) is 4.70. The highest BCUT2D eigenvalue weighted by molar-refractivity contribution is 5.76. The Morgan fingerprint density at radius 1 is 1.56 bits per heavy atom. The molecule has 1 aromatic rings. The van der Waals surface area contributed by atoms with Crippen molar-refractivity contribution in [3.05, 3.63) is 30.1 Å². The van der Waals surface area contributed by atoms with Gasteiger partial charge in [0.2, 0.25) is 0 Å². The zero-order valence-electron chi connectivity index (χ0n) is 10.8. The lowest BCUT2D eigenvalue weighted by molar-refractivity contribution is -0.149. The molecule has 0 saturated carbocycles. The quantitative estimate of drug-likeness (QED) is 0.747. The van der Waals surface area contributed by atoms with Crippen LogP contribution in [0, 0.1) is 0 Å². The number of esters is 1. The average molecular weight is 248 g/mol. The first-order valence-corrected chi connectivity index (χ1v) is 6.62. The van der Waals surface area contributed by atoms with Crippen molar-refractivity contribution in [3.63, 3.8) is 0 Å². The third-order valence-corrected chi connectivity index (χ3v) is 3.18. The number of hydrogen-bond donors (Lipinski definition) is 0. The lowest BCUT2D eigenvalue weighted by Crippen LogP contribution is -2.37. The molecule has 2 heterocycles. The highest BCUT2D eigenvalue weighted by atomic mass is 16.5. The van der Waals surface area contributed by atoms with Gasteiger partial charge < -0.3 is 4.74 Å². The summed E-state index contributed by atoms with van der Waals surface area (Å²) in [4.78, 5) is 18.4. The van der Waals surface area contributed by atoms with E-state index in [0.29, 0.717) is 6.61 Å². The standard InChI is InChI=1S/C14H20N2O2/c1-2-10-18-14(17)13-7-5-9-16(13)11-12-6-3-4-8-15-12/h3-4,6,8,13H,2,5,7,9-11H2,1H3/t13-/m0/s1. The number of likely N-dealkylation sites (tertiary alicyclic amines) is 1. The fourth-order valence-corrected chi connectivity index (χ4v) is 2.28. The molecule has 18 heavy (non-hydrogen) atoms. The summed E-state index contributed by atoms with van der Waals surface area (Å²) >= 11 is 0. The maximum Gasteiger partial charge on any atom is 0.323 e. The van der Waals surface area contributed by atoms with Crippen LogP contribution in [0.15, 0.2) is 24.4 Å². The van der Waals surface area contributed by atoms with Crippen LogP contribution in [0.3, 0.4) is 0 Å².